The molecule has 24 heavy (non-hydrogen) atoms. The molecule has 120 valence electrons. The van der Waals surface area contributed by atoms with Gasteiger partial charge in [-0.2, -0.15) is 0 Å². The van der Waals surface area contributed by atoms with Crippen LogP contribution in [-0.4, -0.2) is 15.5 Å². The normalized spacial score (nSPS) is 15.6. The predicted molar refractivity (Wildman–Crippen MR) is 94.3 cm³/mol. The van der Waals surface area contributed by atoms with Crippen molar-refractivity contribution in [3.05, 3.63) is 73.2 Å². The number of carbonyl (C=O) groups excluding carboxylic acids is 1. The fourth-order valence-electron chi connectivity index (χ4n) is 3.13. The van der Waals surface area contributed by atoms with Crippen molar-refractivity contribution in [2.75, 3.05) is 5.32 Å². The third-order valence-electron chi connectivity index (χ3n) is 4.12. The highest BCUT2D eigenvalue weighted by Gasteiger charge is 2.32. The summed E-state index contributed by atoms with van der Waals surface area (Å²) < 4.78 is 2.09. The summed E-state index contributed by atoms with van der Waals surface area (Å²) in [5.74, 6) is -0.317. The molecular weight excluding hydrogens is 374 g/mol. The van der Waals surface area contributed by atoms with Crippen LogP contribution in [0.25, 0.3) is 11.0 Å². The van der Waals surface area contributed by atoms with E-state index in [4.69, 9.17) is 0 Å². The number of aromatic amines is 1. The minimum absolute atomic E-state index is 0.317. The number of rotatable bonds is 2. The SMILES string of the molecule is O=C(Nc1ccccc1)C1Cc2cc(Br)cc3[nH]c(=O)c(=O)n1c23. The van der Waals surface area contributed by atoms with Gasteiger partial charge in [-0.1, -0.05) is 34.1 Å². The Morgan fingerprint density at radius 1 is 1.21 bits per heavy atom. The summed E-state index contributed by atoms with van der Waals surface area (Å²) in [4.78, 5) is 39.5. The molecule has 1 aliphatic heterocycles. The Morgan fingerprint density at radius 2 is 1.96 bits per heavy atom. The molecule has 1 unspecified atom stereocenters. The van der Waals surface area contributed by atoms with E-state index < -0.39 is 17.2 Å². The van der Waals surface area contributed by atoms with Crippen molar-refractivity contribution >= 4 is 38.6 Å². The number of H-pyrrole nitrogens is 1. The smallest absolute Gasteiger partial charge is 0.317 e. The van der Waals surface area contributed by atoms with E-state index in [0.717, 1.165) is 10.0 Å². The molecule has 0 fully saturated rings. The van der Waals surface area contributed by atoms with Gasteiger partial charge in [-0.25, -0.2) is 0 Å². The van der Waals surface area contributed by atoms with Crippen LogP contribution in [0.4, 0.5) is 5.69 Å². The van der Waals surface area contributed by atoms with Gasteiger partial charge in [0.25, 0.3) is 0 Å². The molecule has 0 aliphatic carbocycles. The van der Waals surface area contributed by atoms with Crippen LogP contribution in [0.15, 0.2) is 56.5 Å². The second kappa shape index (κ2) is 5.45. The van der Waals surface area contributed by atoms with Crippen molar-refractivity contribution in [3.63, 3.8) is 0 Å². The monoisotopic (exact) mass is 385 g/mol. The lowest BCUT2D eigenvalue weighted by molar-refractivity contribution is -0.119. The standard InChI is InChI=1S/C17H12BrN3O3/c18-10-6-9-7-13(15(22)19-11-4-2-1-3-5-11)21-14(9)12(8-10)20-16(23)17(21)24/h1-6,8,13H,7H2,(H,19,22)(H,20,23). The molecule has 2 aromatic carbocycles. The van der Waals surface area contributed by atoms with Gasteiger partial charge < -0.3 is 10.3 Å². The minimum Gasteiger partial charge on any atom is -0.324 e. The summed E-state index contributed by atoms with van der Waals surface area (Å²) in [5.41, 5.74) is 1.20. The number of aromatic nitrogens is 2. The van der Waals surface area contributed by atoms with E-state index in [0.29, 0.717) is 23.1 Å². The Bertz CT molecular complexity index is 1090. The first-order valence-electron chi connectivity index (χ1n) is 7.37. The van der Waals surface area contributed by atoms with E-state index in [2.05, 4.69) is 26.2 Å². The third kappa shape index (κ3) is 2.28. The van der Waals surface area contributed by atoms with Crippen LogP contribution < -0.4 is 16.4 Å². The van der Waals surface area contributed by atoms with Gasteiger partial charge >= 0.3 is 11.1 Å². The molecular formula is C17H12BrN3O3. The first-order valence-corrected chi connectivity index (χ1v) is 8.17. The summed E-state index contributed by atoms with van der Waals surface area (Å²) in [6.45, 7) is 0. The molecule has 1 aliphatic rings. The Labute approximate surface area is 144 Å². The molecule has 0 spiro atoms. The average Bonchev–Trinajstić information content (AvgIpc) is 2.93. The molecule has 0 bridgehead atoms. The Morgan fingerprint density at radius 3 is 2.71 bits per heavy atom. The molecule has 1 amide bonds. The molecule has 0 saturated carbocycles. The largest absolute Gasteiger partial charge is 0.324 e. The first-order chi connectivity index (χ1) is 11.5. The second-order valence-electron chi connectivity index (χ2n) is 5.67. The summed E-state index contributed by atoms with van der Waals surface area (Å²) in [7, 11) is 0. The van der Waals surface area contributed by atoms with E-state index in [1.807, 2.05) is 24.3 Å². The van der Waals surface area contributed by atoms with Gasteiger partial charge in [0, 0.05) is 16.6 Å². The fourth-order valence-corrected chi connectivity index (χ4v) is 3.64. The topological polar surface area (TPSA) is 84.0 Å². The average molecular weight is 386 g/mol. The molecule has 6 nitrogen and oxygen atoms in total. The molecule has 4 rings (SSSR count). The highest BCUT2D eigenvalue weighted by molar-refractivity contribution is 9.10. The van der Waals surface area contributed by atoms with Gasteiger partial charge in [0.2, 0.25) is 5.91 Å². The zero-order valence-electron chi connectivity index (χ0n) is 12.4. The van der Waals surface area contributed by atoms with Gasteiger partial charge in [-0.15, -0.1) is 0 Å². The predicted octanol–water partition coefficient (Wildman–Crippen LogP) is 2.19. The highest BCUT2D eigenvalue weighted by Crippen LogP contribution is 2.32. The molecule has 0 radical (unpaired) electrons. The van der Waals surface area contributed by atoms with Gasteiger partial charge in [0.1, 0.15) is 6.04 Å². The summed E-state index contributed by atoms with van der Waals surface area (Å²) in [6, 6.07) is 11.9. The van der Waals surface area contributed by atoms with E-state index >= 15 is 0 Å². The lowest BCUT2D eigenvalue weighted by Gasteiger charge is -2.14. The zero-order valence-corrected chi connectivity index (χ0v) is 14.0. The first kappa shape index (κ1) is 14.9. The number of anilines is 1. The minimum atomic E-state index is -0.744. The van der Waals surface area contributed by atoms with Crippen molar-refractivity contribution in [2.24, 2.45) is 0 Å². The molecule has 1 atom stereocenters. The van der Waals surface area contributed by atoms with Crippen LogP contribution in [0.2, 0.25) is 0 Å². The van der Waals surface area contributed by atoms with E-state index in [1.165, 1.54) is 4.57 Å². The number of nitrogens with zero attached hydrogens (tertiary/aromatic N) is 1. The number of nitrogens with one attached hydrogen (secondary N) is 2. The van der Waals surface area contributed by atoms with E-state index in [-0.39, 0.29) is 5.91 Å². The number of halogens is 1. The Hall–Kier alpha value is -2.67. The third-order valence-corrected chi connectivity index (χ3v) is 4.58. The number of carbonyl (C=O) groups is 1. The van der Waals surface area contributed by atoms with Crippen molar-refractivity contribution in [2.45, 2.75) is 12.5 Å². The summed E-state index contributed by atoms with van der Waals surface area (Å²) in [5, 5.41) is 2.80. The number of para-hydroxylation sites is 1. The number of amides is 1. The van der Waals surface area contributed by atoms with Crippen LogP contribution in [0.3, 0.4) is 0 Å². The lowest BCUT2D eigenvalue weighted by atomic mass is 10.1. The van der Waals surface area contributed by atoms with Crippen LogP contribution in [0.1, 0.15) is 11.6 Å². The molecule has 3 aromatic rings. The molecule has 2 N–H and O–H groups in total. The molecule has 1 aromatic heterocycles. The zero-order chi connectivity index (χ0) is 16.8. The number of hydrogen-bond donors (Lipinski definition) is 2. The summed E-state index contributed by atoms with van der Waals surface area (Å²) in [6.07, 6.45) is 0.362. The van der Waals surface area contributed by atoms with Crippen LogP contribution in [0, 0.1) is 0 Å². The van der Waals surface area contributed by atoms with Crippen LogP contribution in [-0.2, 0) is 11.2 Å². The van der Waals surface area contributed by atoms with Gasteiger partial charge in [-0.3, -0.25) is 19.0 Å². The van der Waals surface area contributed by atoms with Crippen molar-refractivity contribution in [1.82, 2.24) is 9.55 Å². The van der Waals surface area contributed by atoms with E-state index in [9.17, 15) is 14.4 Å². The fraction of sp³-hybridized carbons (Fsp3) is 0.118. The number of benzene rings is 2. The Balaban J connectivity index is 1.84. The second-order valence-corrected chi connectivity index (χ2v) is 6.58. The van der Waals surface area contributed by atoms with Crippen LogP contribution in [0.5, 0.6) is 0 Å². The van der Waals surface area contributed by atoms with E-state index in [1.54, 1.807) is 18.2 Å². The molecule has 2 heterocycles. The lowest BCUT2D eigenvalue weighted by Crippen LogP contribution is -2.40. The molecule has 7 heteroatoms. The van der Waals surface area contributed by atoms with Crippen molar-refractivity contribution in [3.8, 4) is 0 Å². The quantitative estimate of drug-likeness (QED) is 0.663. The highest BCUT2D eigenvalue weighted by atomic mass is 79.9. The van der Waals surface area contributed by atoms with Gasteiger partial charge in [0.15, 0.2) is 0 Å². The van der Waals surface area contributed by atoms with Crippen LogP contribution >= 0.6 is 15.9 Å². The van der Waals surface area contributed by atoms with Crippen molar-refractivity contribution in [1.29, 1.82) is 0 Å². The maximum atomic E-state index is 12.7. The maximum absolute atomic E-state index is 12.7. The molecule has 0 saturated heterocycles. The maximum Gasteiger partial charge on any atom is 0.317 e. The van der Waals surface area contributed by atoms with Crippen molar-refractivity contribution < 1.29 is 4.79 Å². The van der Waals surface area contributed by atoms with Gasteiger partial charge in [0.05, 0.1) is 11.0 Å². The van der Waals surface area contributed by atoms with Gasteiger partial charge in [-0.05, 0) is 29.8 Å². The number of hydrogen-bond acceptors (Lipinski definition) is 3. The Kier molecular flexibility index (Phi) is 3.38. The summed E-state index contributed by atoms with van der Waals surface area (Å²) >= 11 is 3.39.